The minimum atomic E-state index is -0.680. The van der Waals surface area contributed by atoms with Crippen LogP contribution in [0.25, 0.3) is 10.8 Å². The van der Waals surface area contributed by atoms with Crippen LogP contribution in [0.5, 0.6) is 0 Å². The van der Waals surface area contributed by atoms with Gasteiger partial charge in [-0.25, -0.2) is 9.78 Å². The zero-order valence-corrected chi connectivity index (χ0v) is 17.4. The molecule has 0 spiro atoms. The van der Waals surface area contributed by atoms with Crippen molar-refractivity contribution < 1.29 is 9.59 Å². The van der Waals surface area contributed by atoms with Gasteiger partial charge in [0.05, 0.1) is 0 Å². The molecule has 1 aliphatic heterocycles. The molecule has 4 rings (SSSR count). The van der Waals surface area contributed by atoms with Gasteiger partial charge in [0.1, 0.15) is 11.9 Å². The number of urea groups is 1. The van der Waals surface area contributed by atoms with Gasteiger partial charge in [0.15, 0.2) is 0 Å². The second-order valence-electron chi connectivity index (χ2n) is 7.85. The van der Waals surface area contributed by atoms with Gasteiger partial charge in [-0.1, -0.05) is 48.5 Å². The first-order valence-corrected chi connectivity index (χ1v) is 10.6. The van der Waals surface area contributed by atoms with E-state index in [2.05, 4.69) is 15.6 Å². The number of rotatable bonds is 6. The summed E-state index contributed by atoms with van der Waals surface area (Å²) in [5, 5.41) is 8.08. The van der Waals surface area contributed by atoms with E-state index in [4.69, 9.17) is 5.73 Å². The highest BCUT2D eigenvalue weighted by Gasteiger charge is 2.26. The third-order valence-electron chi connectivity index (χ3n) is 5.63. The molecule has 160 valence electrons. The van der Waals surface area contributed by atoms with Gasteiger partial charge in [-0.2, -0.15) is 0 Å². The number of benzene rings is 2. The van der Waals surface area contributed by atoms with E-state index in [0.717, 1.165) is 47.8 Å². The molecule has 4 N–H and O–H groups in total. The second-order valence-corrected chi connectivity index (χ2v) is 7.85. The van der Waals surface area contributed by atoms with Crippen LogP contribution in [0, 0.1) is 0 Å². The Balaban J connectivity index is 1.52. The summed E-state index contributed by atoms with van der Waals surface area (Å²) in [6, 6.07) is 16.8. The molecule has 0 bridgehead atoms. The van der Waals surface area contributed by atoms with Crippen LogP contribution in [0.15, 0.2) is 60.8 Å². The number of anilines is 1. The Morgan fingerprint density at radius 1 is 1.03 bits per heavy atom. The maximum absolute atomic E-state index is 13.1. The van der Waals surface area contributed by atoms with Crippen LogP contribution in [0.4, 0.5) is 10.6 Å². The van der Waals surface area contributed by atoms with Crippen LogP contribution in [0.3, 0.4) is 0 Å². The maximum Gasteiger partial charge on any atom is 0.318 e. The Morgan fingerprint density at radius 3 is 2.58 bits per heavy atom. The van der Waals surface area contributed by atoms with Crippen molar-refractivity contribution in [3.63, 3.8) is 0 Å². The molecule has 0 aliphatic carbocycles. The monoisotopic (exact) mass is 417 g/mol. The topological polar surface area (TPSA) is 100 Å². The van der Waals surface area contributed by atoms with Gasteiger partial charge in [-0.15, -0.1) is 0 Å². The van der Waals surface area contributed by atoms with Crippen LogP contribution >= 0.6 is 0 Å². The van der Waals surface area contributed by atoms with E-state index in [1.54, 1.807) is 17.2 Å². The van der Waals surface area contributed by atoms with Crippen LogP contribution in [0.2, 0.25) is 0 Å². The van der Waals surface area contributed by atoms with Crippen molar-refractivity contribution in [3.05, 3.63) is 71.9 Å². The highest BCUT2D eigenvalue weighted by molar-refractivity contribution is 5.90. The Kier molecular flexibility index (Phi) is 6.31. The van der Waals surface area contributed by atoms with Gasteiger partial charge >= 0.3 is 6.03 Å². The van der Waals surface area contributed by atoms with Crippen LogP contribution in [-0.2, 0) is 17.8 Å². The van der Waals surface area contributed by atoms with Gasteiger partial charge < -0.3 is 21.3 Å². The molecular weight excluding hydrogens is 390 g/mol. The molecule has 1 atom stereocenters. The number of hydrogen-bond donors (Lipinski definition) is 3. The largest absolute Gasteiger partial charge is 0.384 e. The lowest BCUT2D eigenvalue weighted by molar-refractivity contribution is -0.123. The molecule has 2 heterocycles. The van der Waals surface area contributed by atoms with E-state index in [0.29, 0.717) is 18.8 Å². The van der Waals surface area contributed by atoms with E-state index >= 15 is 0 Å². The molecular formula is C24H27N5O2. The SMILES string of the molecule is Nc1ccc(CNC(=O)[C@H](Cc2cccc3ccccc23)NC(=O)N2CCCC2)cn1. The number of nitrogens with zero attached hydrogens (tertiary/aromatic N) is 2. The first-order chi connectivity index (χ1) is 15.1. The predicted octanol–water partition coefficient (Wildman–Crippen LogP) is 2.85. The molecule has 0 unspecified atom stereocenters. The van der Waals surface area contributed by atoms with E-state index in [-0.39, 0.29) is 11.9 Å². The lowest BCUT2D eigenvalue weighted by atomic mass is 9.98. The number of amides is 3. The average molecular weight is 418 g/mol. The molecule has 2 aromatic carbocycles. The Bertz CT molecular complexity index is 1060. The van der Waals surface area contributed by atoms with Gasteiger partial charge in [-0.05, 0) is 40.8 Å². The fourth-order valence-electron chi connectivity index (χ4n) is 3.91. The van der Waals surface area contributed by atoms with Crippen molar-refractivity contribution in [3.8, 4) is 0 Å². The minimum Gasteiger partial charge on any atom is -0.384 e. The molecule has 1 saturated heterocycles. The number of aromatic nitrogens is 1. The summed E-state index contributed by atoms with van der Waals surface area (Å²) in [4.78, 5) is 31.6. The molecule has 0 saturated carbocycles. The van der Waals surface area contributed by atoms with Crippen molar-refractivity contribution in [1.29, 1.82) is 0 Å². The number of nitrogens with one attached hydrogen (secondary N) is 2. The number of likely N-dealkylation sites (tertiary alicyclic amines) is 1. The number of fused-ring (bicyclic) bond motifs is 1. The molecule has 3 aromatic rings. The van der Waals surface area contributed by atoms with Crippen molar-refractivity contribution in [2.24, 2.45) is 0 Å². The molecule has 1 fully saturated rings. The highest BCUT2D eigenvalue weighted by Crippen LogP contribution is 2.20. The summed E-state index contributed by atoms with van der Waals surface area (Å²) in [6.45, 7) is 1.77. The zero-order valence-electron chi connectivity index (χ0n) is 17.4. The van der Waals surface area contributed by atoms with E-state index < -0.39 is 6.04 Å². The van der Waals surface area contributed by atoms with E-state index in [9.17, 15) is 9.59 Å². The van der Waals surface area contributed by atoms with Crippen molar-refractivity contribution in [2.75, 3.05) is 18.8 Å². The standard InChI is InChI=1S/C24H27N5O2/c25-22-11-10-17(15-26-22)16-27-23(30)21(28-24(31)29-12-3-4-13-29)14-19-8-5-7-18-6-1-2-9-20(18)19/h1-2,5-11,15,21H,3-4,12-14,16H2,(H2,25,26)(H,27,30)(H,28,31)/t21-/m0/s1. The zero-order chi connectivity index (χ0) is 21.6. The van der Waals surface area contributed by atoms with E-state index in [1.807, 2.05) is 48.5 Å². The lowest BCUT2D eigenvalue weighted by Crippen LogP contribution is -2.51. The summed E-state index contributed by atoms with van der Waals surface area (Å²) >= 11 is 0. The Morgan fingerprint density at radius 2 is 1.81 bits per heavy atom. The average Bonchev–Trinajstić information content (AvgIpc) is 3.33. The number of nitrogens with two attached hydrogens (primary N) is 1. The van der Waals surface area contributed by atoms with Crippen molar-refractivity contribution in [2.45, 2.75) is 31.8 Å². The molecule has 7 nitrogen and oxygen atoms in total. The summed E-state index contributed by atoms with van der Waals surface area (Å²) in [7, 11) is 0. The summed E-state index contributed by atoms with van der Waals surface area (Å²) < 4.78 is 0. The first kappa shape index (κ1) is 20.7. The molecule has 1 aliphatic rings. The maximum atomic E-state index is 13.1. The summed E-state index contributed by atoms with van der Waals surface area (Å²) in [5.41, 5.74) is 7.49. The molecule has 3 amide bonds. The number of carbonyl (C=O) groups is 2. The number of carbonyl (C=O) groups excluding carboxylic acids is 2. The van der Waals surface area contributed by atoms with Gasteiger partial charge in [0.25, 0.3) is 0 Å². The molecule has 31 heavy (non-hydrogen) atoms. The third-order valence-corrected chi connectivity index (χ3v) is 5.63. The van der Waals surface area contributed by atoms with Crippen molar-refractivity contribution >= 4 is 28.5 Å². The fourth-order valence-corrected chi connectivity index (χ4v) is 3.91. The third kappa shape index (κ3) is 5.12. The number of pyridine rings is 1. The van der Waals surface area contributed by atoms with Crippen LogP contribution in [-0.4, -0.2) is 41.0 Å². The quantitative estimate of drug-likeness (QED) is 0.574. The van der Waals surface area contributed by atoms with Gasteiger partial charge in [-0.3, -0.25) is 4.79 Å². The van der Waals surface area contributed by atoms with E-state index in [1.165, 1.54) is 0 Å². The van der Waals surface area contributed by atoms with Crippen LogP contribution < -0.4 is 16.4 Å². The van der Waals surface area contributed by atoms with Gasteiger partial charge in [0.2, 0.25) is 5.91 Å². The molecule has 1 aromatic heterocycles. The predicted molar refractivity (Wildman–Crippen MR) is 121 cm³/mol. The summed E-state index contributed by atoms with van der Waals surface area (Å²) in [6.07, 6.45) is 4.04. The molecule has 7 heteroatoms. The Labute approximate surface area is 181 Å². The fraction of sp³-hybridized carbons (Fsp3) is 0.292. The smallest absolute Gasteiger partial charge is 0.318 e. The summed E-state index contributed by atoms with van der Waals surface area (Å²) in [5.74, 6) is 0.207. The minimum absolute atomic E-state index is 0.188. The highest BCUT2D eigenvalue weighted by atomic mass is 16.2. The Hall–Kier alpha value is -3.61. The number of nitrogen functional groups attached to an aromatic ring is 1. The normalized spacial score (nSPS) is 14.4. The van der Waals surface area contributed by atoms with Crippen LogP contribution in [0.1, 0.15) is 24.0 Å². The van der Waals surface area contributed by atoms with Crippen molar-refractivity contribution in [1.82, 2.24) is 20.5 Å². The van der Waals surface area contributed by atoms with Gasteiger partial charge in [0, 0.05) is 32.3 Å². The second kappa shape index (κ2) is 9.47. The number of hydrogen-bond acceptors (Lipinski definition) is 4. The first-order valence-electron chi connectivity index (χ1n) is 10.6. The molecule has 0 radical (unpaired) electrons. The lowest BCUT2D eigenvalue weighted by Gasteiger charge is -2.23.